The van der Waals surface area contributed by atoms with Gasteiger partial charge in [0.05, 0.1) is 0 Å². The second kappa shape index (κ2) is 3.14. The lowest BCUT2D eigenvalue weighted by atomic mass is 10.1. The third-order valence-corrected chi connectivity index (χ3v) is 2.08. The van der Waals surface area contributed by atoms with E-state index in [2.05, 4.69) is 0 Å². The molecule has 0 aliphatic heterocycles. The minimum atomic E-state index is -0.732. The third-order valence-electron chi connectivity index (χ3n) is 2.08. The second-order valence-electron chi connectivity index (χ2n) is 3.26. The number of nitriles is 1. The first kappa shape index (κ1) is 9.28. The summed E-state index contributed by atoms with van der Waals surface area (Å²) in [4.78, 5) is 11.2. The van der Waals surface area contributed by atoms with Crippen LogP contribution in [0.4, 0.5) is 0 Å². The third kappa shape index (κ3) is 1.44. The van der Waals surface area contributed by atoms with E-state index in [1.54, 1.807) is 19.1 Å². The maximum atomic E-state index is 11.2. The molecule has 0 aliphatic carbocycles. The molecule has 0 bridgehead atoms. The van der Waals surface area contributed by atoms with Gasteiger partial charge in [-0.1, -0.05) is 0 Å². The van der Waals surface area contributed by atoms with E-state index in [1.807, 2.05) is 0 Å². The highest BCUT2D eigenvalue weighted by Gasteiger charge is 2.08. The summed E-state index contributed by atoms with van der Waals surface area (Å²) in [6, 6.07) is 6.38. The Hall–Kier alpha value is -2.28. The molecular weight excluding hydrogens is 194 g/mol. The Morgan fingerprint density at radius 2 is 2.13 bits per heavy atom. The molecule has 2 rings (SSSR count). The van der Waals surface area contributed by atoms with Gasteiger partial charge in [0.2, 0.25) is 0 Å². The minimum Gasteiger partial charge on any atom is -0.504 e. The van der Waals surface area contributed by atoms with E-state index in [0.717, 1.165) is 5.56 Å². The number of hydrogen-bond donors (Lipinski definition) is 1. The first-order chi connectivity index (χ1) is 7.11. The highest BCUT2D eigenvalue weighted by Crippen LogP contribution is 2.25. The van der Waals surface area contributed by atoms with Crippen molar-refractivity contribution in [2.75, 3.05) is 0 Å². The van der Waals surface area contributed by atoms with Crippen LogP contribution in [0.5, 0.6) is 5.75 Å². The number of phenolic OH excluding ortho intramolecular Hbond substituents is 1. The van der Waals surface area contributed by atoms with Crippen LogP contribution in [0.3, 0.4) is 0 Å². The van der Waals surface area contributed by atoms with Crippen molar-refractivity contribution >= 4 is 11.0 Å². The van der Waals surface area contributed by atoms with Gasteiger partial charge in [0.15, 0.2) is 11.3 Å². The van der Waals surface area contributed by atoms with Crippen molar-refractivity contribution in [1.82, 2.24) is 0 Å². The molecule has 0 atom stereocenters. The van der Waals surface area contributed by atoms with Crippen LogP contribution in [0.15, 0.2) is 27.4 Å². The molecule has 0 radical (unpaired) electrons. The number of nitrogens with zero attached hydrogens (tertiary/aromatic N) is 1. The Morgan fingerprint density at radius 1 is 1.40 bits per heavy atom. The van der Waals surface area contributed by atoms with E-state index >= 15 is 0 Å². The van der Waals surface area contributed by atoms with Gasteiger partial charge in [-0.15, -0.1) is 0 Å². The Kier molecular flexibility index (Phi) is 1.94. The average Bonchev–Trinajstić information content (AvgIpc) is 2.18. The van der Waals surface area contributed by atoms with Crippen LogP contribution in [0.25, 0.3) is 11.0 Å². The average molecular weight is 201 g/mol. The zero-order valence-electron chi connectivity index (χ0n) is 7.94. The van der Waals surface area contributed by atoms with Gasteiger partial charge < -0.3 is 9.52 Å². The van der Waals surface area contributed by atoms with E-state index in [1.165, 1.54) is 12.1 Å². The highest BCUT2D eigenvalue weighted by atomic mass is 16.4. The van der Waals surface area contributed by atoms with Crippen molar-refractivity contribution in [1.29, 1.82) is 5.26 Å². The van der Waals surface area contributed by atoms with Crippen LogP contribution in [-0.2, 0) is 0 Å². The number of aromatic hydroxyl groups is 1. The Balaban J connectivity index is 2.95. The molecule has 4 heteroatoms. The fraction of sp³-hybridized carbons (Fsp3) is 0.0909. The van der Waals surface area contributed by atoms with Crippen molar-refractivity contribution in [3.8, 4) is 11.8 Å². The molecule has 1 aromatic heterocycles. The Bertz CT molecular complexity index is 635. The molecule has 0 saturated carbocycles. The summed E-state index contributed by atoms with van der Waals surface area (Å²) in [5.41, 5.74) is 0.152. The van der Waals surface area contributed by atoms with Gasteiger partial charge in [0.25, 0.3) is 0 Å². The molecular formula is C11H7NO3. The molecule has 1 aromatic carbocycles. The maximum Gasteiger partial charge on any atom is 0.354 e. The number of rotatable bonds is 0. The van der Waals surface area contributed by atoms with E-state index in [-0.39, 0.29) is 16.9 Å². The quantitative estimate of drug-likeness (QED) is 0.658. The molecule has 0 saturated heterocycles. The summed E-state index contributed by atoms with van der Waals surface area (Å²) < 4.78 is 4.84. The number of fused-ring (bicyclic) bond motifs is 1. The lowest BCUT2D eigenvalue weighted by molar-refractivity contribution is 0.456. The van der Waals surface area contributed by atoms with Crippen LogP contribution in [0, 0.1) is 18.3 Å². The first-order valence-corrected chi connectivity index (χ1v) is 4.29. The minimum absolute atomic E-state index is 0.0625. The van der Waals surface area contributed by atoms with Crippen molar-refractivity contribution in [2.24, 2.45) is 0 Å². The van der Waals surface area contributed by atoms with Crippen molar-refractivity contribution < 1.29 is 9.52 Å². The van der Waals surface area contributed by atoms with Gasteiger partial charge in [0, 0.05) is 5.39 Å². The zero-order valence-corrected chi connectivity index (χ0v) is 7.94. The van der Waals surface area contributed by atoms with E-state index < -0.39 is 5.63 Å². The zero-order chi connectivity index (χ0) is 11.0. The topological polar surface area (TPSA) is 74.2 Å². The standard InChI is InChI=1S/C11H7NO3/c1-6-2-7-4-8(5-12)11(14)15-10(7)9(13)3-6/h2-4,13H,1H3. The van der Waals surface area contributed by atoms with Crippen molar-refractivity contribution in [3.63, 3.8) is 0 Å². The van der Waals surface area contributed by atoms with Crippen LogP contribution in [0.1, 0.15) is 11.1 Å². The molecule has 0 unspecified atom stereocenters. The first-order valence-electron chi connectivity index (χ1n) is 4.29. The number of hydrogen-bond acceptors (Lipinski definition) is 4. The second-order valence-corrected chi connectivity index (χ2v) is 3.26. The number of aryl methyl sites for hydroxylation is 1. The molecule has 0 spiro atoms. The molecule has 0 fully saturated rings. The summed E-state index contributed by atoms with van der Waals surface area (Å²) in [5.74, 6) is -0.0911. The molecule has 2 aromatic rings. The molecule has 0 amide bonds. The largest absolute Gasteiger partial charge is 0.504 e. The molecule has 4 nitrogen and oxygen atoms in total. The Morgan fingerprint density at radius 3 is 2.80 bits per heavy atom. The maximum absolute atomic E-state index is 11.2. The monoisotopic (exact) mass is 201 g/mol. The van der Waals surface area contributed by atoms with Crippen LogP contribution in [-0.4, -0.2) is 5.11 Å². The summed E-state index contributed by atoms with van der Waals surface area (Å²) in [7, 11) is 0. The predicted molar refractivity (Wildman–Crippen MR) is 53.6 cm³/mol. The molecule has 1 heterocycles. The van der Waals surface area contributed by atoms with Crippen molar-refractivity contribution in [2.45, 2.75) is 6.92 Å². The highest BCUT2D eigenvalue weighted by molar-refractivity contribution is 5.83. The van der Waals surface area contributed by atoms with Gasteiger partial charge in [-0.05, 0) is 30.7 Å². The molecule has 74 valence electrons. The molecule has 1 N–H and O–H groups in total. The van der Waals surface area contributed by atoms with Gasteiger partial charge in [-0.25, -0.2) is 4.79 Å². The van der Waals surface area contributed by atoms with E-state index in [4.69, 9.17) is 9.68 Å². The molecule has 15 heavy (non-hydrogen) atoms. The fourth-order valence-electron chi connectivity index (χ4n) is 1.44. The summed E-state index contributed by atoms with van der Waals surface area (Å²) in [6.07, 6.45) is 0. The van der Waals surface area contributed by atoms with E-state index in [0.29, 0.717) is 5.39 Å². The van der Waals surface area contributed by atoms with Gasteiger partial charge in [0.1, 0.15) is 11.6 Å². The lowest BCUT2D eigenvalue weighted by Gasteiger charge is -2.01. The normalized spacial score (nSPS) is 10.1. The van der Waals surface area contributed by atoms with Gasteiger partial charge in [-0.3, -0.25) is 0 Å². The summed E-state index contributed by atoms with van der Waals surface area (Å²) in [5, 5.41) is 18.7. The van der Waals surface area contributed by atoms with Crippen LogP contribution >= 0.6 is 0 Å². The lowest BCUT2D eigenvalue weighted by Crippen LogP contribution is -2.03. The fourth-order valence-corrected chi connectivity index (χ4v) is 1.44. The number of benzene rings is 1. The number of phenols is 1. The van der Waals surface area contributed by atoms with Crippen LogP contribution < -0.4 is 5.63 Å². The summed E-state index contributed by atoms with van der Waals surface area (Å²) >= 11 is 0. The smallest absolute Gasteiger partial charge is 0.354 e. The SMILES string of the molecule is Cc1cc(O)c2oc(=O)c(C#N)cc2c1. The summed E-state index contributed by atoms with van der Waals surface area (Å²) in [6.45, 7) is 1.80. The van der Waals surface area contributed by atoms with Crippen molar-refractivity contribution in [3.05, 3.63) is 39.7 Å². The van der Waals surface area contributed by atoms with Crippen LogP contribution in [0.2, 0.25) is 0 Å². The predicted octanol–water partition coefficient (Wildman–Crippen LogP) is 1.68. The van der Waals surface area contributed by atoms with Gasteiger partial charge >= 0.3 is 5.63 Å². The van der Waals surface area contributed by atoms with Gasteiger partial charge in [-0.2, -0.15) is 5.26 Å². The van der Waals surface area contributed by atoms with E-state index in [9.17, 15) is 9.90 Å². The molecule has 0 aliphatic rings. The Labute approximate surface area is 85.0 Å².